The Hall–Kier alpha value is -2.39. The van der Waals surface area contributed by atoms with Gasteiger partial charge in [-0.05, 0) is 17.5 Å². The van der Waals surface area contributed by atoms with Crippen LogP contribution in [-0.4, -0.2) is 4.98 Å². The van der Waals surface area contributed by atoms with E-state index in [9.17, 15) is 0 Å². The number of hydrogen-bond donors (Lipinski definition) is 1. The van der Waals surface area contributed by atoms with Crippen molar-refractivity contribution in [1.29, 1.82) is 0 Å². The van der Waals surface area contributed by atoms with Crippen LogP contribution in [0.5, 0.6) is 11.6 Å². The van der Waals surface area contributed by atoms with E-state index in [1.54, 1.807) is 6.20 Å². The largest absolute Gasteiger partial charge is 0.438 e. The highest BCUT2D eigenvalue weighted by Crippen LogP contribution is 2.30. The molecule has 0 radical (unpaired) electrons. The molecule has 3 rings (SSSR count). The Morgan fingerprint density at radius 2 is 1.79 bits per heavy atom. The van der Waals surface area contributed by atoms with Crippen LogP contribution in [-0.2, 0) is 6.54 Å². The second-order valence-corrected chi connectivity index (χ2v) is 4.25. The van der Waals surface area contributed by atoms with Gasteiger partial charge in [0.25, 0.3) is 0 Å². The SMILES string of the molecule is NCc1cccnc1Oc1cccc2ccccc12. The van der Waals surface area contributed by atoms with Crippen molar-refractivity contribution in [3.8, 4) is 11.6 Å². The minimum Gasteiger partial charge on any atom is -0.438 e. The topological polar surface area (TPSA) is 48.1 Å². The molecule has 0 atom stereocenters. The smallest absolute Gasteiger partial charge is 0.223 e. The predicted molar refractivity (Wildman–Crippen MR) is 76.2 cm³/mol. The van der Waals surface area contributed by atoms with E-state index in [0.717, 1.165) is 22.1 Å². The Labute approximate surface area is 111 Å². The van der Waals surface area contributed by atoms with Gasteiger partial charge in [0.15, 0.2) is 0 Å². The maximum Gasteiger partial charge on any atom is 0.223 e. The second kappa shape index (κ2) is 5.08. The molecule has 2 aromatic carbocycles. The Morgan fingerprint density at radius 1 is 0.947 bits per heavy atom. The summed E-state index contributed by atoms with van der Waals surface area (Å²) in [7, 11) is 0. The van der Waals surface area contributed by atoms with Crippen LogP contribution < -0.4 is 10.5 Å². The first kappa shape index (κ1) is 11.7. The molecule has 1 heterocycles. The first-order valence-electron chi connectivity index (χ1n) is 6.18. The molecule has 0 aliphatic rings. The van der Waals surface area contributed by atoms with Gasteiger partial charge in [0.05, 0.1) is 0 Å². The molecule has 0 fully saturated rings. The van der Waals surface area contributed by atoms with Crippen molar-refractivity contribution in [3.63, 3.8) is 0 Å². The number of ether oxygens (including phenoxy) is 1. The summed E-state index contributed by atoms with van der Waals surface area (Å²) in [5.74, 6) is 1.37. The lowest BCUT2D eigenvalue weighted by molar-refractivity contribution is 0.461. The molecule has 1 aromatic heterocycles. The van der Waals surface area contributed by atoms with E-state index < -0.39 is 0 Å². The maximum atomic E-state index is 5.92. The van der Waals surface area contributed by atoms with Gasteiger partial charge in [-0.1, -0.05) is 42.5 Å². The molecule has 0 spiro atoms. The fraction of sp³-hybridized carbons (Fsp3) is 0.0625. The average molecular weight is 250 g/mol. The quantitative estimate of drug-likeness (QED) is 0.774. The van der Waals surface area contributed by atoms with Crippen molar-refractivity contribution in [2.45, 2.75) is 6.54 Å². The van der Waals surface area contributed by atoms with Gasteiger partial charge in [-0.15, -0.1) is 0 Å². The number of rotatable bonds is 3. The molecule has 3 aromatic rings. The molecular formula is C16H14N2O. The number of nitrogens with two attached hydrogens (primary N) is 1. The molecule has 19 heavy (non-hydrogen) atoms. The number of aromatic nitrogens is 1. The van der Waals surface area contributed by atoms with E-state index >= 15 is 0 Å². The first-order chi connectivity index (χ1) is 9.38. The normalized spacial score (nSPS) is 10.6. The average Bonchev–Trinajstić information content (AvgIpc) is 2.48. The third-order valence-electron chi connectivity index (χ3n) is 3.03. The number of hydrogen-bond acceptors (Lipinski definition) is 3. The van der Waals surface area contributed by atoms with Crippen molar-refractivity contribution < 1.29 is 4.74 Å². The lowest BCUT2D eigenvalue weighted by Gasteiger charge is -2.10. The highest BCUT2D eigenvalue weighted by molar-refractivity contribution is 5.88. The molecule has 0 bridgehead atoms. The first-order valence-corrected chi connectivity index (χ1v) is 6.18. The lowest BCUT2D eigenvalue weighted by atomic mass is 10.1. The van der Waals surface area contributed by atoms with Crippen LogP contribution in [0, 0.1) is 0 Å². The minimum atomic E-state index is 0.411. The van der Waals surface area contributed by atoms with Gasteiger partial charge in [0.1, 0.15) is 5.75 Å². The monoisotopic (exact) mass is 250 g/mol. The summed E-state index contributed by atoms with van der Waals surface area (Å²) in [6.07, 6.45) is 1.71. The van der Waals surface area contributed by atoms with Crippen molar-refractivity contribution >= 4 is 10.8 Å². The third kappa shape index (κ3) is 2.28. The van der Waals surface area contributed by atoms with Gasteiger partial charge in [0, 0.05) is 23.7 Å². The number of benzene rings is 2. The van der Waals surface area contributed by atoms with E-state index in [2.05, 4.69) is 17.1 Å². The van der Waals surface area contributed by atoms with Crippen LogP contribution in [0.15, 0.2) is 60.8 Å². The molecule has 94 valence electrons. The van der Waals surface area contributed by atoms with E-state index in [-0.39, 0.29) is 0 Å². The fourth-order valence-electron chi connectivity index (χ4n) is 2.06. The van der Waals surface area contributed by atoms with Crippen LogP contribution in [0.2, 0.25) is 0 Å². The molecule has 0 amide bonds. The Morgan fingerprint density at radius 3 is 2.68 bits per heavy atom. The summed E-state index contributed by atoms with van der Waals surface area (Å²) in [5.41, 5.74) is 6.60. The molecule has 0 saturated carbocycles. The zero-order chi connectivity index (χ0) is 13.1. The Kier molecular flexibility index (Phi) is 3.12. The van der Waals surface area contributed by atoms with Gasteiger partial charge in [-0.2, -0.15) is 0 Å². The second-order valence-electron chi connectivity index (χ2n) is 4.25. The van der Waals surface area contributed by atoms with Crippen LogP contribution in [0.3, 0.4) is 0 Å². The molecule has 0 unspecified atom stereocenters. The molecule has 3 heteroatoms. The Balaban J connectivity index is 2.06. The maximum absolute atomic E-state index is 5.92. The van der Waals surface area contributed by atoms with Gasteiger partial charge in [-0.25, -0.2) is 4.98 Å². The molecule has 3 nitrogen and oxygen atoms in total. The van der Waals surface area contributed by atoms with Gasteiger partial charge >= 0.3 is 0 Å². The summed E-state index contributed by atoms with van der Waals surface area (Å²) in [6.45, 7) is 0.411. The van der Waals surface area contributed by atoms with Crippen molar-refractivity contribution in [3.05, 3.63) is 66.4 Å². The van der Waals surface area contributed by atoms with E-state index in [4.69, 9.17) is 10.5 Å². The summed E-state index contributed by atoms with van der Waals surface area (Å²) < 4.78 is 5.92. The number of fused-ring (bicyclic) bond motifs is 1. The molecule has 0 aliphatic carbocycles. The van der Waals surface area contributed by atoms with Crippen LogP contribution in [0.4, 0.5) is 0 Å². The van der Waals surface area contributed by atoms with Gasteiger partial charge in [-0.3, -0.25) is 0 Å². The zero-order valence-corrected chi connectivity index (χ0v) is 10.4. The van der Waals surface area contributed by atoms with Crippen molar-refractivity contribution in [1.82, 2.24) is 4.98 Å². The standard InChI is InChI=1S/C16H14N2O/c17-11-13-7-4-10-18-16(13)19-15-9-3-6-12-5-1-2-8-14(12)15/h1-10H,11,17H2. The predicted octanol–water partition coefficient (Wildman–Crippen LogP) is 3.49. The van der Waals surface area contributed by atoms with Crippen molar-refractivity contribution in [2.24, 2.45) is 5.73 Å². The van der Waals surface area contributed by atoms with Gasteiger partial charge < -0.3 is 10.5 Å². The van der Waals surface area contributed by atoms with E-state index in [1.165, 1.54) is 0 Å². The highest BCUT2D eigenvalue weighted by atomic mass is 16.5. The fourth-order valence-corrected chi connectivity index (χ4v) is 2.06. The molecular weight excluding hydrogens is 236 g/mol. The number of nitrogens with zero attached hydrogens (tertiary/aromatic N) is 1. The van der Waals surface area contributed by atoms with Crippen molar-refractivity contribution in [2.75, 3.05) is 0 Å². The highest BCUT2D eigenvalue weighted by Gasteiger charge is 2.07. The zero-order valence-electron chi connectivity index (χ0n) is 10.4. The van der Waals surface area contributed by atoms with Crippen LogP contribution in [0.1, 0.15) is 5.56 Å². The van der Waals surface area contributed by atoms with Crippen LogP contribution >= 0.6 is 0 Å². The third-order valence-corrected chi connectivity index (χ3v) is 3.03. The summed E-state index contributed by atoms with van der Waals surface area (Å²) in [5, 5.41) is 2.21. The molecule has 0 aliphatic heterocycles. The molecule has 2 N–H and O–H groups in total. The lowest BCUT2D eigenvalue weighted by Crippen LogP contribution is -2.00. The summed E-state index contributed by atoms with van der Waals surface area (Å²) in [4.78, 5) is 4.25. The number of pyridine rings is 1. The summed E-state index contributed by atoms with van der Waals surface area (Å²) in [6, 6.07) is 17.9. The van der Waals surface area contributed by atoms with E-state index in [0.29, 0.717) is 12.4 Å². The molecule has 0 saturated heterocycles. The van der Waals surface area contributed by atoms with Crippen LogP contribution in [0.25, 0.3) is 10.8 Å². The van der Waals surface area contributed by atoms with E-state index in [1.807, 2.05) is 42.5 Å². The minimum absolute atomic E-state index is 0.411. The Bertz CT molecular complexity index is 704. The van der Waals surface area contributed by atoms with Gasteiger partial charge in [0.2, 0.25) is 5.88 Å². The summed E-state index contributed by atoms with van der Waals surface area (Å²) >= 11 is 0.